The van der Waals surface area contributed by atoms with E-state index in [1.54, 1.807) is 12.3 Å². The van der Waals surface area contributed by atoms with Crippen LogP contribution in [0.2, 0.25) is 0 Å². The Morgan fingerprint density at radius 1 is 1.03 bits per heavy atom. The normalized spacial score (nSPS) is 22.1. The van der Waals surface area contributed by atoms with E-state index >= 15 is 0 Å². The Hall–Kier alpha value is -2.84. The monoisotopic (exact) mass is 504 g/mol. The molecule has 0 N–H and O–H groups in total. The van der Waals surface area contributed by atoms with E-state index in [0.29, 0.717) is 23.1 Å². The number of aromatic nitrogens is 3. The molecule has 7 nitrogen and oxygen atoms in total. The van der Waals surface area contributed by atoms with Gasteiger partial charge in [0.1, 0.15) is 5.82 Å². The fourth-order valence-electron chi connectivity index (χ4n) is 6.27. The smallest absolute Gasteiger partial charge is 0.264 e. The average molecular weight is 505 g/mol. The molecule has 0 amide bonds. The molecule has 1 aromatic carbocycles. The minimum atomic E-state index is -0.128. The van der Waals surface area contributed by atoms with Crippen LogP contribution in [0.1, 0.15) is 56.2 Å². The van der Waals surface area contributed by atoms with Crippen molar-refractivity contribution >= 4 is 17.0 Å². The summed E-state index contributed by atoms with van der Waals surface area (Å²) in [5, 5.41) is 0.617. The zero-order chi connectivity index (χ0) is 25.5. The second-order valence-electron chi connectivity index (χ2n) is 11.0. The van der Waals surface area contributed by atoms with Crippen LogP contribution in [0.25, 0.3) is 11.0 Å². The van der Waals surface area contributed by atoms with Gasteiger partial charge in [0.25, 0.3) is 5.56 Å². The lowest BCUT2D eigenvalue weighted by Crippen LogP contribution is -2.59. The summed E-state index contributed by atoms with van der Waals surface area (Å²) in [6, 6.07) is 10.4. The molecule has 4 heterocycles. The number of fused-ring (bicyclic) bond motifs is 1. The summed E-state index contributed by atoms with van der Waals surface area (Å²) in [7, 11) is 0. The van der Waals surface area contributed by atoms with Gasteiger partial charge in [-0.05, 0) is 81.4 Å². The minimum Gasteiger partial charge on any atom is -0.339 e. The molecule has 3 fully saturated rings. The first-order valence-corrected chi connectivity index (χ1v) is 13.9. The van der Waals surface area contributed by atoms with Crippen molar-refractivity contribution in [2.24, 2.45) is 0 Å². The van der Waals surface area contributed by atoms with Crippen molar-refractivity contribution in [2.75, 3.05) is 37.6 Å². The molecular formula is C29H37FN6O. The van der Waals surface area contributed by atoms with Crippen LogP contribution in [0.3, 0.4) is 0 Å². The van der Waals surface area contributed by atoms with Gasteiger partial charge in [0.2, 0.25) is 5.95 Å². The third-order valence-corrected chi connectivity index (χ3v) is 8.51. The molecule has 3 aromatic rings. The van der Waals surface area contributed by atoms with Gasteiger partial charge in [0, 0.05) is 50.5 Å². The number of piperidine rings is 1. The zero-order valence-corrected chi connectivity index (χ0v) is 21.9. The quantitative estimate of drug-likeness (QED) is 0.503. The van der Waals surface area contributed by atoms with Crippen molar-refractivity contribution in [2.45, 2.75) is 70.6 Å². The predicted molar refractivity (Wildman–Crippen MR) is 145 cm³/mol. The molecule has 0 radical (unpaired) electrons. The number of benzene rings is 1. The molecule has 2 saturated heterocycles. The number of hydrogen-bond acceptors (Lipinski definition) is 6. The second-order valence-corrected chi connectivity index (χ2v) is 11.0. The Morgan fingerprint density at radius 2 is 1.84 bits per heavy atom. The number of hydrogen-bond donors (Lipinski definition) is 0. The predicted octanol–water partition coefficient (Wildman–Crippen LogP) is 4.14. The van der Waals surface area contributed by atoms with Gasteiger partial charge >= 0.3 is 0 Å². The van der Waals surface area contributed by atoms with Crippen LogP contribution in [-0.4, -0.2) is 69.1 Å². The molecule has 1 aliphatic carbocycles. The van der Waals surface area contributed by atoms with Crippen molar-refractivity contribution in [1.82, 2.24) is 24.3 Å². The molecule has 37 heavy (non-hydrogen) atoms. The standard InChI is InChI=1S/C29H37FN6O/c1-3-22-19-34(29-32-27-25(5-4-12-31-27)28(37)36(29)24-7-8-24)15-16-35(22)23-10-13-33(14-11-23)18-21-6-9-26(30)20(2)17-21/h4-6,9,12,17,22-24H,3,7-8,10-11,13-16,18-19H2,1-2H3/t22-/m0/s1. The van der Waals surface area contributed by atoms with Gasteiger partial charge in [0.05, 0.1) is 5.39 Å². The van der Waals surface area contributed by atoms with Gasteiger partial charge in [0.15, 0.2) is 5.65 Å². The van der Waals surface area contributed by atoms with Crippen LogP contribution < -0.4 is 10.5 Å². The zero-order valence-electron chi connectivity index (χ0n) is 21.9. The number of aryl methyl sites for hydroxylation is 1. The highest BCUT2D eigenvalue weighted by molar-refractivity contribution is 5.74. The van der Waals surface area contributed by atoms with E-state index in [0.717, 1.165) is 82.9 Å². The van der Waals surface area contributed by atoms with Gasteiger partial charge in [-0.1, -0.05) is 19.1 Å². The number of rotatable bonds is 6. The summed E-state index contributed by atoms with van der Waals surface area (Å²) < 4.78 is 15.6. The Labute approximate surface area is 217 Å². The van der Waals surface area contributed by atoms with E-state index < -0.39 is 0 Å². The third kappa shape index (κ3) is 4.89. The highest BCUT2D eigenvalue weighted by Crippen LogP contribution is 2.37. The Bertz CT molecular complexity index is 1330. The number of halogens is 1. The average Bonchev–Trinajstić information content (AvgIpc) is 3.76. The van der Waals surface area contributed by atoms with Gasteiger partial charge < -0.3 is 4.90 Å². The molecule has 6 rings (SSSR count). The molecule has 8 heteroatoms. The molecule has 2 aromatic heterocycles. The minimum absolute atomic E-state index is 0.0507. The Morgan fingerprint density at radius 3 is 2.57 bits per heavy atom. The van der Waals surface area contributed by atoms with Crippen molar-refractivity contribution in [1.29, 1.82) is 0 Å². The van der Waals surface area contributed by atoms with Crippen molar-refractivity contribution in [3.63, 3.8) is 0 Å². The highest BCUT2D eigenvalue weighted by Gasteiger charge is 2.36. The third-order valence-electron chi connectivity index (χ3n) is 8.51. The maximum absolute atomic E-state index is 13.6. The molecule has 3 aliphatic rings. The van der Waals surface area contributed by atoms with E-state index in [9.17, 15) is 9.18 Å². The molecule has 1 saturated carbocycles. The van der Waals surface area contributed by atoms with Crippen LogP contribution >= 0.6 is 0 Å². The summed E-state index contributed by atoms with van der Waals surface area (Å²) >= 11 is 0. The SMILES string of the molecule is CC[C@H]1CN(c2nc3ncccc3c(=O)n2C2CC2)CCN1C1CCN(Cc2ccc(F)c(C)c2)CC1. The van der Waals surface area contributed by atoms with Gasteiger partial charge in [-0.2, -0.15) is 4.98 Å². The van der Waals surface area contributed by atoms with E-state index in [2.05, 4.69) is 26.6 Å². The van der Waals surface area contributed by atoms with Crippen molar-refractivity contribution in [3.05, 3.63) is 63.8 Å². The van der Waals surface area contributed by atoms with Gasteiger partial charge in [-0.3, -0.25) is 19.2 Å². The fraction of sp³-hybridized carbons (Fsp3) is 0.552. The van der Waals surface area contributed by atoms with Crippen molar-refractivity contribution in [3.8, 4) is 0 Å². The number of pyridine rings is 1. The lowest BCUT2D eigenvalue weighted by atomic mass is 9.98. The van der Waals surface area contributed by atoms with Crippen LogP contribution in [-0.2, 0) is 6.54 Å². The van der Waals surface area contributed by atoms with Crippen LogP contribution in [0.5, 0.6) is 0 Å². The van der Waals surface area contributed by atoms with Crippen LogP contribution in [0.4, 0.5) is 10.3 Å². The molecule has 0 unspecified atom stereocenters. The van der Waals surface area contributed by atoms with Crippen LogP contribution in [0.15, 0.2) is 41.3 Å². The van der Waals surface area contributed by atoms with E-state index in [1.807, 2.05) is 35.8 Å². The highest BCUT2D eigenvalue weighted by atomic mass is 19.1. The topological polar surface area (TPSA) is 57.5 Å². The van der Waals surface area contributed by atoms with Gasteiger partial charge in [-0.15, -0.1) is 0 Å². The second kappa shape index (κ2) is 10.1. The summed E-state index contributed by atoms with van der Waals surface area (Å²) in [4.78, 5) is 30.2. The van der Waals surface area contributed by atoms with Crippen molar-refractivity contribution < 1.29 is 4.39 Å². The fourth-order valence-corrected chi connectivity index (χ4v) is 6.27. The number of anilines is 1. The summed E-state index contributed by atoms with van der Waals surface area (Å²) in [5.41, 5.74) is 2.52. The lowest BCUT2D eigenvalue weighted by Gasteiger charge is -2.47. The molecular weight excluding hydrogens is 467 g/mol. The van der Waals surface area contributed by atoms with E-state index in [-0.39, 0.29) is 17.4 Å². The molecule has 0 bridgehead atoms. The Kier molecular flexibility index (Phi) is 6.71. The number of nitrogens with zero attached hydrogens (tertiary/aromatic N) is 6. The maximum atomic E-state index is 13.6. The summed E-state index contributed by atoms with van der Waals surface area (Å²) in [5.74, 6) is 0.678. The maximum Gasteiger partial charge on any atom is 0.264 e. The first kappa shape index (κ1) is 24.5. The number of likely N-dealkylation sites (tertiary alicyclic amines) is 1. The first-order valence-electron chi connectivity index (χ1n) is 13.9. The van der Waals surface area contributed by atoms with Crippen LogP contribution in [0, 0.1) is 12.7 Å². The molecule has 2 aliphatic heterocycles. The molecule has 196 valence electrons. The van der Waals surface area contributed by atoms with Gasteiger partial charge in [-0.25, -0.2) is 9.37 Å². The lowest BCUT2D eigenvalue weighted by molar-refractivity contribution is 0.0607. The summed E-state index contributed by atoms with van der Waals surface area (Å²) in [6.07, 6.45) is 7.20. The van der Waals surface area contributed by atoms with E-state index in [4.69, 9.17) is 4.98 Å². The van der Waals surface area contributed by atoms with E-state index in [1.165, 1.54) is 5.56 Å². The Balaban J connectivity index is 1.14. The largest absolute Gasteiger partial charge is 0.339 e. The number of piperazine rings is 1. The molecule has 1 atom stereocenters. The molecule has 0 spiro atoms. The summed E-state index contributed by atoms with van der Waals surface area (Å²) in [6.45, 7) is 9.89. The first-order chi connectivity index (χ1) is 18.0.